The summed E-state index contributed by atoms with van der Waals surface area (Å²) in [6.07, 6.45) is 6.49. The number of unbranched alkanes of at least 4 members (excludes halogenated alkanes) is 1. The van der Waals surface area contributed by atoms with Crippen LogP contribution in [-0.2, 0) is 4.79 Å². The van der Waals surface area contributed by atoms with E-state index in [1.54, 1.807) is 0 Å². The van der Waals surface area contributed by atoms with Crippen LogP contribution in [0.15, 0.2) is 0 Å². The second-order valence-corrected chi connectivity index (χ2v) is 5.49. The molecule has 2 unspecified atom stereocenters. The monoisotopic (exact) mass is 226 g/mol. The number of nitrogens with two attached hydrogens (primary N) is 1. The van der Waals surface area contributed by atoms with Gasteiger partial charge in [-0.3, -0.25) is 4.79 Å². The Bertz CT molecular complexity index is 208. The molecule has 1 saturated carbocycles. The largest absolute Gasteiger partial charge is 0.370 e. The molecule has 0 heterocycles. The van der Waals surface area contributed by atoms with Gasteiger partial charge in [-0.2, -0.15) is 0 Å². The smallest absolute Gasteiger partial charge is 0.217 e. The van der Waals surface area contributed by atoms with Gasteiger partial charge in [-0.1, -0.05) is 13.8 Å². The minimum Gasteiger partial charge on any atom is -0.370 e. The standard InChI is InChI=1S/C13H26N2O/c1-10-7-11(2)9-12(8-10)15-6-4-3-5-13(14)16/h10-12,15H,3-9H2,1-2H3,(H2,14,16). The topological polar surface area (TPSA) is 55.1 Å². The van der Waals surface area contributed by atoms with Crippen molar-refractivity contribution in [2.24, 2.45) is 17.6 Å². The van der Waals surface area contributed by atoms with Crippen molar-refractivity contribution in [2.45, 2.75) is 58.4 Å². The lowest BCUT2D eigenvalue weighted by atomic mass is 9.80. The summed E-state index contributed by atoms with van der Waals surface area (Å²) in [6.45, 7) is 5.71. The van der Waals surface area contributed by atoms with Crippen molar-refractivity contribution in [2.75, 3.05) is 6.54 Å². The van der Waals surface area contributed by atoms with Crippen molar-refractivity contribution in [3.63, 3.8) is 0 Å². The van der Waals surface area contributed by atoms with Gasteiger partial charge < -0.3 is 11.1 Å². The number of amides is 1. The molecule has 0 radical (unpaired) electrons. The second-order valence-electron chi connectivity index (χ2n) is 5.49. The number of nitrogens with one attached hydrogen (secondary N) is 1. The third-order valence-electron chi connectivity index (χ3n) is 3.46. The van der Waals surface area contributed by atoms with Gasteiger partial charge in [-0.15, -0.1) is 0 Å². The second kappa shape index (κ2) is 6.89. The summed E-state index contributed by atoms with van der Waals surface area (Å²) in [5, 5.41) is 3.60. The Morgan fingerprint density at radius 2 is 1.81 bits per heavy atom. The summed E-state index contributed by atoms with van der Waals surface area (Å²) in [5.74, 6) is 1.53. The van der Waals surface area contributed by atoms with Crippen LogP contribution in [0.5, 0.6) is 0 Å². The maximum Gasteiger partial charge on any atom is 0.217 e. The molecule has 1 amide bonds. The minimum atomic E-state index is -0.181. The Kier molecular flexibility index (Phi) is 5.81. The van der Waals surface area contributed by atoms with Crippen LogP contribution in [0.4, 0.5) is 0 Å². The number of hydrogen-bond acceptors (Lipinski definition) is 2. The highest BCUT2D eigenvalue weighted by Gasteiger charge is 2.22. The minimum absolute atomic E-state index is 0.181. The highest BCUT2D eigenvalue weighted by atomic mass is 16.1. The average molecular weight is 226 g/mol. The Morgan fingerprint density at radius 1 is 1.19 bits per heavy atom. The molecule has 0 aliphatic heterocycles. The van der Waals surface area contributed by atoms with Gasteiger partial charge in [0.25, 0.3) is 0 Å². The molecule has 3 heteroatoms. The van der Waals surface area contributed by atoms with Crippen molar-refractivity contribution in [3.05, 3.63) is 0 Å². The van der Waals surface area contributed by atoms with Crippen LogP contribution in [0, 0.1) is 11.8 Å². The molecule has 0 aromatic carbocycles. The van der Waals surface area contributed by atoms with Crippen molar-refractivity contribution >= 4 is 5.91 Å². The SMILES string of the molecule is CC1CC(C)CC(NCCCCC(N)=O)C1. The molecular formula is C13H26N2O. The quantitative estimate of drug-likeness (QED) is 0.681. The van der Waals surface area contributed by atoms with Gasteiger partial charge in [-0.05, 0) is 50.5 Å². The van der Waals surface area contributed by atoms with Gasteiger partial charge in [0.2, 0.25) is 5.91 Å². The van der Waals surface area contributed by atoms with Crippen LogP contribution in [-0.4, -0.2) is 18.5 Å². The van der Waals surface area contributed by atoms with E-state index in [9.17, 15) is 4.79 Å². The maximum atomic E-state index is 10.6. The molecule has 1 aliphatic rings. The zero-order chi connectivity index (χ0) is 12.0. The lowest BCUT2D eigenvalue weighted by Gasteiger charge is -2.32. The molecular weight excluding hydrogens is 200 g/mol. The Morgan fingerprint density at radius 3 is 2.38 bits per heavy atom. The van der Waals surface area contributed by atoms with Crippen LogP contribution in [0.1, 0.15) is 52.4 Å². The van der Waals surface area contributed by atoms with E-state index in [4.69, 9.17) is 5.73 Å². The molecule has 94 valence electrons. The molecule has 2 atom stereocenters. The number of rotatable bonds is 6. The van der Waals surface area contributed by atoms with Crippen LogP contribution in [0.3, 0.4) is 0 Å². The lowest BCUT2D eigenvalue weighted by Crippen LogP contribution is -2.36. The van der Waals surface area contributed by atoms with E-state index in [1.807, 2.05) is 0 Å². The van der Waals surface area contributed by atoms with Crippen molar-refractivity contribution in [1.29, 1.82) is 0 Å². The van der Waals surface area contributed by atoms with Gasteiger partial charge in [0.05, 0.1) is 0 Å². The first kappa shape index (κ1) is 13.5. The fraction of sp³-hybridized carbons (Fsp3) is 0.923. The summed E-state index contributed by atoms with van der Waals surface area (Å²) >= 11 is 0. The highest BCUT2D eigenvalue weighted by Crippen LogP contribution is 2.28. The van der Waals surface area contributed by atoms with E-state index in [1.165, 1.54) is 19.3 Å². The predicted molar refractivity (Wildman–Crippen MR) is 67.0 cm³/mol. The molecule has 0 aromatic heterocycles. The van der Waals surface area contributed by atoms with Crippen molar-refractivity contribution < 1.29 is 4.79 Å². The van der Waals surface area contributed by atoms with Crippen LogP contribution in [0.2, 0.25) is 0 Å². The van der Waals surface area contributed by atoms with E-state index in [-0.39, 0.29) is 5.91 Å². The highest BCUT2D eigenvalue weighted by molar-refractivity contribution is 5.73. The molecule has 3 nitrogen and oxygen atoms in total. The first-order valence-electron chi connectivity index (χ1n) is 6.59. The Hall–Kier alpha value is -0.570. The van der Waals surface area contributed by atoms with Crippen LogP contribution < -0.4 is 11.1 Å². The number of carbonyl (C=O) groups is 1. The summed E-state index contributed by atoms with van der Waals surface area (Å²) in [4.78, 5) is 10.6. The molecule has 1 aliphatic carbocycles. The summed E-state index contributed by atoms with van der Waals surface area (Å²) in [6, 6.07) is 0.687. The number of carbonyl (C=O) groups excluding carboxylic acids is 1. The molecule has 1 rings (SSSR count). The van der Waals surface area contributed by atoms with Crippen molar-refractivity contribution in [3.8, 4) is 0 Å². The van der Waals surface area contributed by atoms with E-state index in [0.717, 1.165) is 31.2 Å². The van der Waals surface area contributed by atoms with E-state index in [2.05, 4.69) is 19.2 Å². The first-order chi connectivity index (χ1) is 7.58. The van der Waals surface area contributed by atoms with E-state index < -0.39 is 0 Å². The molecule has 1 fully saturated rings. The molecule has 0 spiro atoms. The fourth-order valence-electron chi connectivity index (χ4n) is 2.84. The maximum absolute atomic E-state index is 10.6. The zero-order valence-electron chi connectivity index (χ0n) is 10.7. The van der Waals surface area contributed by atoms with E-state index >= 15 is 0 Å². The summed E-state index contributed by atoms with van der Waals surface area (Å²) in [7, 11) is 0. The predicted octanol–water partition coefficient (Wildman–Crippen LogP) is 2.06. The normalized spacial score (nSPS) is 30.2. The molecule has 3 N–H and O–H groups in total. The van der Waals surface area contributed by atoms with Gasteiger partial charge in [0, 0.05) is 12.5 Å². The fourth-order valence-corrected chi connectivity index (χ4v) is 2.84. The summed E-state index contributed by atoms with van der Waals surface area (Å²) < 4.78 is 0. The summed E-state index contributed by atoms with van der Waals surface area (Å²) in [5.41, 5.74) is 5.09. The first-order valence-corrected chi connectivity index (χ1v) is 6.59. The van der Waals surface area contributed by atoms with Crippen LogP contribution >= 0.6 is 0 Å². The Balaban J connectivity index is 2.06. The number of hydrogen-bond donors (Lipinski definition) is 2. The van der Waals surface area contributed by atoms with Crippen molar-refractivity contribution in [1.82, 2.24) is 5.32 Å². The molecule has 0 aromatic rings. The van der Waals surface area contributed by atoms with Gasteiger partial charge in [-0.25, -0.2) is 0 Å². The van der Waals surface area contributed by atoms with Crippen LogP contribution in [0.25, 0.3) is 0 Å². The third-order valence-corrected chi connectivity index (χ3v) is 3.46. The van der Waals surface area contributed by atoms with E-state index in [0.29, 0.717) is 12.5 Å². The zero-order valence-corrected chi connectivity index (χ0v) is 10.7. The van der Waals surface area contributed by atoms with Gasteiger partial charge >= 0.3 is 0 Å². The number of primary amides is 1. The molecule has 0 bridgehead atoms. The average Bonchev–Trinajstić information content (AvgIpc) is 2.15. The van der Waals surface area contributed by atoms with Gasteiger partial charge in [0.15, 0.2) is 0 Å². The Labute approximate surface area is 99.2 Å². The lowest BCUT2D eigenvalue weighted by molar-refractivity contribution is -0.118. The molecule has 16 heavy (non-hydrogen) atoms. The molecule has 0 saturated heterocycles. The third kappa shape index (κ3) is 5.50. The van der Waals surface area contributed by atoms with Gasteiger partial charge in [0.1, 0.15) is 0 Å².